The minimum atomic E-state index is -0.784. The second-order valence-corrected chi connectivity index (χ2v) is 9.15. The maximum absolute atomic E-state index is 12.9. The normalized spacial score (nSPS) is 16.6. The van der Waals surface area contributed by atoms with Gasteiger partial charge in [-0.2, -0.15) is 5.26 Å². The number of nitrogens with zero attached hydrogens (tertiary/aromatic N) is 5. The number of rotatable bonds is 6. The molecule has 31 heavy (non-hydrogen) atoms. The van der Waals surface area contributed by atoms with Crippen LogP contribution in [0.5, 0.6) is 0 Å². The van der Waals surface area contributed by atoms with E-state index in [1.807, 2.05) is 18.2 Å². The van der Waals surface area contributed by atoms with Crippen molar-refractivity contribution in [3.63, 3.8) is 0 Å². The lowest BCUT2D eigenvalue weighted by Gasteiger charge is -2.32. The molecule has 4 rings (SSSR count). The summed E-state index contributed by atoms with van der Waals surface area (Å²) in [7, 11) is 0. The summed E-state index contributed by atoms with van der Waals surface area (Å²) in [6, 6.07) is 9.59. The molecule has 1 fully saturated rings. The highest BCUT2D eigenvalue weighted by atomic mass is 32.2. The molecule has 160 valence electrons. The maximum Gasteiger partial charge on any atom is 0.263 e. The van der Waals surface area contributed by atoms with Crippen molar-refractivity contribution < 1.29 is 4.79 Å². The molecular formula is C22H24N6O2S. The van der Waals surface area contributed by atoms with Gasteiger partial charge in [-0.25, -0.2) is 0 Å². The molecule has 0 spiro atoms. The zero-order chi connectivity index (χ0) is 22.0. The van der Waals surface area contributed by atoms with Crippen molar-refractivity contribution >= 4 is 34.3 Å². The molecule has 0 saturated heterocycles. The first kappa shape index (κ1) is 21.1. The van der Waals surface area contributed by atoms with Crippen LogP contribution < -0.4 is 10.9 Å². The molecule has 1 amide bonds. The minimum absolute atomic E-state index is 0.161. The number of para-hydroxylation sites is 1. The molecule has 8 nitrogen and oxygen atoms in total. The number of benzene rings is 1. The number of carbonyl (C=O) groups excluding carboxylic acids is 1. The van der Waals surface area contributed by atoms with Gasteiger partial charge in [-0.15, -0.1) is 16.8 Å². The number of thioether (sulfide) groups is 1. The molecule has 9 heteroatoms. The molecule has 0 bridgehead atoms. The van der Waals surface area contributed by atoms with Crippen molar-refractivity contribution in [2.75, 3.05) is 0 Å². The molecule has 2 aromatic heterocycles. The van der Waals surface area contributed by atoms with Crippen LogP contribution in [0.4, 0.5) is 0 Å². The number of carbonyl (C=O) groups is 1. The number of fused-ring (bicyclic) bond motifs is 3. The Hall–Kier alpha value is -3.12. The molecule has 2 heterocycles. The lowest BCUT2D eigenvalue weighted by molar-refractivity contribution is -0.121. The number of hydrogen-bond donors (Lipinski definition) is 1. The van der Waals surface area contributed by atoms with Crippen LogP contribution in [0.1, 0.15) is 39.0 Å². The van der Waals surface area contributed by atoms with Crippen molar-refractivity contribution in [2.45, 2.75) is 61.5 Å². The van der Waals surface area contributed by atoms with E-state index in [4.69, 9.17) is 0 Å². The topological polar surface area (TPSA) is 105 Å². The molecule has 1 saturated carbocycles. The van der Waals surface area contributed by atoms with E-state index in [2.05, 4.69) is 28.2 Å². The highest BCUT2D eigenvalue weighted by Gasteiger charge is 2.35. The Kier molecular flexibility index (Phi) is 5.83. The largest absolute Gasteiger partial charge is 0.337 e. The van der Waals surface area contributed by atoms with Crippen molar-refractivity contribution in [3.05, 3.63) is 47.3 Å². The fourth-order valence-electron chi connectivity index (χ4n) is 4.07. The minimum Gasteiger partial charge on any atom is -0.337 e. The third-order valence-electron chi connectivity index (χ3n) is 5.72. The van der Waals surface area contributed by atoms with Gasteiger partial charge in [0.2, 0.25) is 11.7 Å². The summed E-state index contributed by atoms with van der Waals surface area (Å²) in [5.74, 6) is 0.202. The molecule has 0 radical (unpaired) electrons. The summed E-state index contributed by atoms with van der Waals surface area (Å²) in [6.07, 6.45) is 5.97. The molecular weight excluding hydrogens is 412 g/mol. The molecule has 1 unspecified atom stereocenters. The standard InChI is InChI=1S/C22H24N6O2S/c1-3-13-27-19(30)16-9-5-6-10-17(16)28-20(27)25-26-21(28)31-15(2)18(29)24-22(14-23)11-7-4-8-12-22/h3,5-6,9-10,15H,1,4,7-8,11-13H2,2H3,(H,24,29). The average molecular weight is 437 g/mol. The Balaban J connectivity index is 1.69. The van der Waals surface area contributed by atoms with Crippen LogP contribution in [0.15, 0.2) is 46.9 Å². The van der Waals surface area contributed by atoms with Gasteiger partial charge in [-0.3, -0.25) is 18.6 Å². The lowest BCUT2D eigenvalue weighted by atomic mass is 9.83. The summed E-state index contributed by atoms with van der Waals surface area (Å²) in [5, 5.41) is 21.7. The number of nitrogens with one attached hydrogen (secondary N) is 1. The first-order chi connectivity index (χ1) is 15.0. The van der Waals surface area contributed by atoms with Gasteiger partial charge in [-0.05, 0) is 31.9 Å². The highest BCUT2D eigenvalue weighted by Crippen LogP contribution is 2.30. The Morgan fingerprint density at radius 1 is 1.35 bits per heavy atom. The van der Waals surface area contributed by atoms with Crippen LogP contribution in [-0.4, -0.2) is 35.9 Å². The first-order valence-electron chi connectivity index (χ1n) is 10.4. The number of hydrogen-bond acceptors (Lipinski definition) is 6. The fourth-order valence-corrected chi connectivity index (χ4v) is 4.93. The third kappa shape index (κ3) is 3.83. The van der Waals surface area contributed by atoms with Crippen molar-refractivity contribution in [2.24, 2.45) is 0 Å². The second kappa shape index (κ2) is 8.55. The predicted octanol–water partition coefficient (Wildman–Crippen LogP) is 3.05. The first-order valence-corrected chi connectivity index (χ1v) is 11.2. The molecule has 1 aliphatic carbocycles. The zero-order valence-corrected chi connectivity index (χ0v) is 18.2. The van der Waals surface area contributed by atoms with E-state index in [-0.39, 0.29) is 11.5 Å². The molecule has 1 aliphatic rings. The zero-order valence-electron chi connectivity index (χ0n) is 17.4. The maximum atomic E-state index is 12.9. The van der Waals surface area contributed by atoms with Gasteiger partial charge < -0.3 is 5.32 Å². The van der Waals surface area contributed by atoms with Crippen LogP contribution in [0.2, 0.25) is 0 Å². The average Bonchev–Trinajstić information content (AvgIpc) is 3.20. The smallest absolute Gasteiger partial charge is 0.263 e. The van der Waals surface area contributed by atoms with E-state index in [1.54, 1.807) is 23.5 Å². The summed E-state index contributed by atoms with van der Waals surface area (Å²) < 4.78 is 3.32. The van der Waals surface area contributed by atoms with Gasteiger partial charge >= 0.3 is 0 Å². The molecule has 1 N–H and O–H groups in total. The van der Waals surface area contributed by atoms with E-state index in [9.17, 15) is 14.9 Å². The molecule has 0 aliphatic heterocycles. The van der Waals surface area contributed by atoms with Crippen molar-refractivity contribution in [3.8, 4) is 6.07 Å². The van der Waals surface area contributed by atoms with Crippen LogP contribution in [0, 0.1) is 11.3 Å². The van der Waals surface area contributed by atoms with E-state index < -0.39 is 10.8 Å². The predicted molar refractivity (Wildman–Crippen MR) is 120 cm³/mol. The van der Waals surface area contributed by atoms with Gasteiger partial charge in [0, 0.05) is 6.54 Å². The van der Waals surface area contributed by atoms with E-state index in [0.717, 1.165) is 19.3 Å². The molecule has 3 aromatic rings. The lowest BCUT2D eigenvalue weighted by Crippen LogP contribution is -2.50. The van der Waals surface area contributed by atoms with Crippen molar-refractivity contribution in [1.82, 2.24) is 24.5 Å². The number of allylic oxidation sites excluding steroid dienone is 1. The van der Waals surface area contributed by atoms with Crippen LogP contribution in [0.3, 0.4) is 0 Å². The molecule has 1 atom stereocenters. The number of nitriles is 1. The van der Waals surface area contributed by atoms with Gasteiger partial charge in [0.25, 0.3) is 5.56 Å². The number of amides is 1. The van der Waals surface area contributed by atoms with E-state index >= 15 is 0 Å². The second-order valence-electron chi connectivity index (χ2n) is 7.84. The highest BCUT2D eigenvalue weighted by molar-refractivity contribution is 8.00. The summed E-state index contributed by atoms with van der Waals surface area (Å²) in [6.45, 7) is 5.82. The monoisotopic (exact) mass is 436 g/mol. The van der Waals surface area contributed by atoms with Crippen LogP contribution >= 0.6 is 11.8 Å². The van der Waals surface area contributed by atoms with Gasteiger partial charge in [0.15, 0.2) is 5.16 Å². The fraction of sp³-hybridized carbons (Fsp3) is 0.409. The Bertz CT molecular complexity index is 1250. The SMILES string of the molecule is C=CCn1c(=O)c2ccccc2n2c(SC(C)C(=O)NC3(C#N)CCCCC3)nnc12. The third-order valence-corrected chi connectivity index (χ3v) is 6.77. The Morgan fingerprint density at radius 3 is 2.81 bits per heavy atom. The van der Waals surface area contributed by atoms with Crippen LogP contribution in [0.25, 0.3) is 16.7 Å². The Morgan fingerprint density at radius 2 is 2.10 bits per heavy atom. The van der Waals surface area contributed by atoms with Crippen LogP contribution in [-0.2, 0) is 11.3 Å². The number of aromatic nitrogens is 4. The summed E-state index contributed by atoms with van der Waals surface area (Å²) >= 11 is 1.26. The molecule has 1 aromatic carbocycles. The van der Waals surface area contributed by atoms with E-state index in [0.29, 0.717) is 41.2 Å². The summed E-state index contributed by atoms with van der Waals surface area (Å²) in [5.41, 5.74) is -0.261. The van der Waals surface area contributed by atoms with Gasteiger partial charge in [0.05, 0.1) is 22.2 Å². The van der Waals surface area contributed by atoms with E-state index in [1.165, 1.54) is 16.3 Å². The Labute approximate surface area is 184 Å². The quantitative estimate of drug-likeness (QED) is 0.470. The van der Waals surface area contributed by atoms with Crippen molar-refractivity contribution in [1.29, 1.82) is 5.26 Å². The summed E-state index contributed by atoms with van der Waals surface area (Å²) in [4.78, 5) is 25.8. The van der Waals surface area contributed by atoms with Gasteiger partial charge in [-0.1, -0.05) is 49.2 Å². The van der Waals surface area contributed by atoms with Gasteiger partial charge in [0.1, 0.15) is 5.54 Å².